The van der Waals surface area contributed by atoms with Gasteiger partial charge in [0.05, 0.1) is 38.3 Å². The molecule has 2 fully saturated rings. The number of aliphatic imine (C=N–C) groups is 1. The molecule has 0 aliphatic carbocycles. The zero-order valence-electron chi connectivity index (χ0n) is 17.1. The highest BCUT2D eigenvalue weighted by Crippen LogP contribution is 2.22. The molecule has 0 spiro atoms. The van der Waals surface area contributed by atoms with Crippen LogP contribution in [-0.2, 0) is 22.9 Å². The summed E-state index contributed by atoms with van der Waals surface area (Å²) in [5.41, 5.74) is 1.10. The fourth-order valence-corrected chi connectivity index (χ4v) is 3.81. The number of nitrogens with zero attached hydrogens (tertiary/aromatic N) is 4. The molecule has 2 aromatic heterocycles. The van der Waals surface area contributed by atoms with E-state index in [1.54, 1.807) is 6.26 Å². The summed E-state index contributed by atoms with van der Waals surface area (Å²) >= 11 is 0. The molecule has 8 nitrogen and oxygen atoms in total. The Bertz CT molecular complexity index is 767. The number of aromatic nitrogens is 2. The van der Waals surface area contributed by atoms with Gasteiger partial charge in [-0.05, 0) is 31.4 Å². The van der Waals surface area contributed by atoms with Crippen molar-refractivity contribution in [3.8, 4) is 0 Å². The van der Waals surface area contributed by atoms with E-state index in [4.69, 9.17) is 18.9 Å². The second-order valence-corrected chi connectivity index (χ2v) is 7.66. The van der Waals surface area contributed by atoms with Gasteiger partial charge in [-0.1, -0.05) is 0 Å². The quantitative estimate of drug-likeness (QED) is 0.590. The summed E-state index contributed by atoms with van der Waals surface area (Å²) in [4.78, 5) is 7.21. The number of nitrogens with one attached hydrogen (secondary N) is 1. The van der Waals surface area contributed by atoms with Gasteiger partial charge in [-0.2, -0.15) is 5.10 Å². The maximum absolute atomic E-state index is 6.00. The van der Waals surface area contributed by atoms with Gasteiger partial charge in [-0.25, -0.2) is 0 Å². The van der Waals surface area contributed by atoms with Crippen LogP contribution in [-0.4, -0.2) is 66.1 Å². The third-order valence-electron chi connectivity index (χ3n) is 5.42. The van der Waals surface area contributed by atoms with E-state index in [0.717, 1.165) is 62.8 Å². The zero-order valence-corrected chi connectivity index (χ0v) is 17.1. The number of guanidine groups is 1. The highest BCUT2D eigenvalue weighted by molar-refractivity contribution is 5.80. The normalized spacial score (nSPS) is 23.3. The van der Waals surface area contributed by atoms with Crippen LogP contribution in [0.15, 0.2) is 40.2 Å². The van der Waals surface area contributed by atoms with Crippen LogP contribution in [0.4, 0.5) is 0 Å². The van der Waals surface area contributed by atoms with Crippen molar-refractivity contribution < 1.29 is 13.9 Å². The van der Waals surface area contributed by atoms with E-state index in [9.17, 15) is 0 Å². The van der Waals surface area contributed by atoms with Crippen LogP contribution >= 0.6 is 0 Å². The first kappa shape index (κ1) is 20.0. The molecule has 2 aliphatic heterocycles. The van der Waals surface area contributed by atoms with Crippen molar-refractivity contribution in [2.45, 2.75) is 37.9 Å². The summed E-state index contributed by atoms with van der Waals surface area (Å²) in [6.07, 6.45) is 10.1. The molecule has 2 aromatic rings. The molecule has 0 bridgehead atoms. The lowest BCUT2D eigenvalue weighted by Gasteiger charge is -2.35. The summed E-state index contributed by atoms with van der Waals surface area (Å²) in [5.74, 6) is 1.89. The van der Waals surface area contributed by atoms with Gasteiger partial charge in [0.15, 0.2) is 5.96 Å². The van der Waals surface area contributed by atoms with Crippen molar-refractivity contribution in [3.63, 3.8) is 0 Å². The zero-order chi connectivity index (χ0) is 19.9. The van der Waals surface area contributed by atoms with Crippen LogP contribution in [0.25, 0.3) is 0 Å². The minimum Gasteiger partial charge on any atom is -0.469 e. The molecule has 158 valence electrons. The molecule has 2 unspecified atom stereocenters. The van der Waals surface area contributed by atoms with Crippen molar-refractivity contribution in [2.75, 3.05) is 39.4 Å². The van der Waals surface area contributed by atoms with Crippen LogP contribution in [0.5, 0.6) is 0 Å². The second kappa shape index (κ2) is 9.93. The maximum atomic E-state index is 6.00. The van der Waals surface area contributed by atoms with Gasteiger partial charge in [-0.3, -0.25) is 9.67 Å². The Hall–Kier alpha value is -2.32. The molecule has 4 heterocycles. The predicted molar refractivity (Wildman–Crippen MR) is 110 cm³/mol. The fourth-order valence-electron chi connectivity index (χ4n) is 3.81. The van der Waals surface area contributed by atoms with E-state index in [1.807, 2.05) is 36.3 Å². The van der Waals surface area contributed by atoms with E-state index in [0.29, 0.717) is 13.2 Å². The van der Waals surface area contributed by atoms with Crippen molar-refractivity contribution in [2.24, 2.45) is 12.0 Å². The molecular formula is C21H31N5O3. The summed E-state index contributed by atoms with van der Waals surface area (Å²) in [7, 11) is 1.93. The molecule has 0 amide bonds. The number of hydrogen-bond acceptors (Lipinski definition) is 5. The van der Waals surface area contributed by atoms with E-state index in [1.165, 1.54) is 6.42 Å². The molecule has 0 aromatic carbocycles. The highest BCUT2D eigenvalue weighted by Gasteiger charge is 2.25. The molecular weight excluding hydrogens is 370 g/mol. The summed E-state index contributed by atoms with van der Waals surface area (Å²) in [6.45, 7) is 4.55. The molecule has 1 N–H and O–H groups in total. The van der Waals surface area contributed by atoms with Gasteiger partial charge in [0.25, 0.3) is 0 Å². The number of furan rings is 1. The van der Waals surface area contributed by atoms with Crippen LogP contribution in [0.3, 0.4) is 0 Å². The summed E-state index contributed by atoms with van der Waals surface area (Å²) in [6, 6.07) is 3.92. The SMILES string of the molecule is Cn1cc(C2CN(C(=NCC3CCCCO3)NCCc3ccco3)CCO2)cn1. The Kier molecular flexibility index (Phi) is 6.84. The molecule has 4 rings (SSSR count). The topological polar surface area (TPSA) is 77.0 Å². The minimum atomic E-state index is 0.000421. The molecule has 2 saturated heterocycles. The Morgan fingerprint density at radius 3 is 3.03 bits per heavy atom. The number of rotatable bonds is 6. The number of ether oxygens (including phenoxy) is 2. The first-order valence-electron chi connectivity index (χ1n) is 10.6. The van der Waals surface area contributed by atoms with Crippen molar-refractivity contribution in [3.05, 3.63) is 42.1 Å². The first-order valence-corrected chi connectivity index (χ1v) is 10.6. The van der Waals surface area contributed by atoms with Crippen LogP contribution in [0.1, 0.15) is 36.7 Å². The molecule has 0 saturated carbocycles. The molecule has 29 heavy (non-hydrogen) atoms. The Morgan fingerprint density at radius 2 is 2.28 bits per heavy atom. The van der Waals surface area contributed by atoms with Crippen molar-refractivity contribution in [1.82, 2.24) is 20.0 Å². The van der Waals surface area contributed by atoms with Crippen molar-refractivity contribution >= 4 is 5.96 Å². The lowest BCUT2D eigenvalue weighted by Crippen LogP contribution is -2.49. The van der Waals surface area contributed by atoms with Gasteiger partial charge >= 0.3 is 0 Å². The lowest BCUT2D eigenvalue weighted by molar-refractivity contribution is -0.00849. The lowest BCUT2D eigenvalue weighted by atomic mass is 10.1. The third-order valence-corrected chi connectivity index (χ3v) is 5.42. The fraction of sp³-hybridized carbons (Fsp3) is 0.619. The largest absolute Gasteiger partial charge is 0.469 e. The average Bonchev–Trinajstić information content (AvgIpc) is 3.43. The van der Waals surface area contributed by atoms with Crippen LogP contribution in [0.2, 0.25) is 0 Å². The number of morpholine rings is 1. The van der Waals surface area contributed by atoms with Gasteiger partial charge in [0.1, 0.15) is 11.9 Å². The Balaban J connectivity index is 1.40. The van der Waals surface area contributed by atoms with Gasteiger partial charge in [0, 0.05) is 44.9 Å². The Morgan fingerprint density at radius 1 is 1.31 bits per heavy atom. The Labute approximate surface area is 171 Å². The second-order valence-electron chi connectivity index (χ2n) is 7.66. The summed E-state index contributed by atoms with van der Waals surface area (Å²) < 4.78 is 19.1. The van der Waals surface area contributed by atoms with E-state index in [2.05, 4.69) is 15.3 Å². The smallest absolute Gasteiger partial charge is 0.194 e. The van der Waals surface area contributed by atoms with Gasteiger partial charge < -0.3 is 24.1 Å². The van der Waals surface area contributed by atoms with Crippen molar-refractivity contribution in [1.29, 1.82) is 0 Å². The average molecular weight is 402 g/mol. The van der Waals surface area contributed by atoms with Gasteiger partial charge in [-0.15, -0.1) is 0 Å². The predicted octanol–water partition coefficient (Wildman–Crippen LogP) is 2.14. The van der Waals surface area contributed by atoms with Crippen LogP contribution in [0, 0.1) is 0 Å². The molecule has 8 heteroatoms. The molecule has 2 aliphatic rings. The van der Waals surface area contributed by atoms with Crippen LogP contribution < -0.4 is 5.32 Å². The highest BCUT2D eigenvalue weighted by atomic mass is 16.5. The molecule has 2 atom stereocenters. The maximum Gasteiger partial charge on any atom is 0.194 e. The van der Waals surface area contributed by atoms with E-state index >= 15 is 0 Å². The monoisotopic (exact) mass is 401 g/mol. The minimum absolute atomic E-state index is 0.000421. The molecule has 0 radical (unpaired) electrons. The van der Waals surface area contributed by atoms with E-state index in [-0.39, 0.29) is 12.2 Å². The van der Waals surface area contributed by atoms with Gasteiger partial charge in [0.2, 0.25) is 0 Å². The first-order chi connectivity index (χ1) is 14.3. The standard InChI is InChI=1S/C21H31N5O3/c1-25-15-17(13-24-25)20-16-26(9-12-29-20)21(22-8-7-18-6-4-11-27-18)23-14-19-5-2-3-10-28-19/h4,6,11,13,15,19-20H,2-3,5,7-10,12,14,16H2,1H3,(H,22,23). The third kappa shape index (κ3) is 5.61. The number of aryl methyl sites for hydroxylation is 1. The summed E-state index contributed by atoms with van der Waals surface area (Å²) in [5, 5.41) is 7.81. The number of hydrogen-bond donors (Lipinski definition) is 1. The van der Waals surface area contributed by atoms with E-state index < -0.39 is 0 Å².